The van der Waals surface area contributed by atoms with Gasteiger partial charge in [-0.25, -0.2) is 0 Å². The van der Waals surface area contributed by atoms with E-state index in [0.29, 0.717) is 30.7 Å². The summed E-state index contributed by atoms with van der Waals surface area (Å²) in [5.41, 5.74) is 2.10. The van der Waals surface area contributed by atoms with Crippen molar-refractivity contribution in [3.63, 3.8) is 0 Å². The smallest absolute Gasteiger partial charge is 0.258 e. The Balaban J connectivity index is 1.33. The Bertz CT molecular complexity index is 837. The first-order valence-corrected chi connectivity index (χ1v) is 8.38. The van der Waals surface area contributed by atoms with E-state index in [1.165, 1.54) is 6.42 Å². The largest absolute Gasteiger partial charge is 0.464 e. The Kier molecular flexibility index (Phi) is 3.94. The number of rotatable bonds is 6. The van der Waals surface area contributed by atoms with Gasteiger partial charge in [0.2, 0.25) is 0 Å². The summed E-state index contributed by atoms with van der Waals surface area (Å²) in [7, 11) is 0. The highest BCUT2D eigenvalue weighted by Crippen LogP contribution is 2.47. The van der Waals surface area contributed by atoms with Crippen LogP contribution in [0.5, 0.6) is 0 Å². The standard InChI is InChI=1S/C19H21N3O2/c1-12-5-3-4-6-15(12)19-21-18(22-24-19)11-20-10-14-7-8-17(23-14)16-9-13(16)2/h3-8,13,16,20H,9-11H2,1-2H3/t13-,16-/m1/s1. The molecular formula is C19H21N3O2. The van der Waals surface area contributed by atoms with E-state index in [2.05, 4.69) is 28.4 Å². The van der Waals surface area contributed by atoms with E-state index in [-0.39, 0.29) is 0 Å². The second-order valence-electron chi connectivity index (χ2n) is 6.56. The molecule has 1 fully saturated rings. The monoisotopic (exact) mass is 323 g/mol. The maximum Gasteiger partial charge on any atom is 0.258 e. The van der Waals surface area contributed by atoms with Gasteiger partial charge in [-0.05, 0) is 43.0 Å². The van der Waals surface area contributed by atoms with Crippen LogP contribution >= 0.6 is 0 Å². The molecule has 0 bridgehead atoms. The van der Waals surface area contributed by atoms with Crippen molar-refractivity contribution in [2.45, 2.75) is 39.3 Å². The minimum atomic E-state index is 0.547. The number of hydrogen-bond acceptors (Lipinski definition) is 5. The van der Waals surface area contributed by atoms with Crippen molar-refractivity contribution >= 4 is 0 Å². The average Bonchev–Trinajstić information content (AvgIpc) is 3.00. The van der Waals surface area contributed by atoms with E-state index in [0.717, 1.165) is 28.6 Å². The molecule has 24 heavy (non-hydrogen) atoms. The van der Waals surface area contributed by atoms with E-state index in [1.807, 2.05) is 37.3 Å². The van der Waals surface area contributed by atoms with Gasteiger partial charge < -0.3 is 14.3 Å². The molecule has 0 saturated heterocycles. The zero-order valence-electron chi connectivity index (χ0n) is 14.0. The summed E-state index contributed by atoms with van der Waals surface area (Å²) in [6, 6.07) is 12.1. The van der Waals surface area contributed by atoms with Gasteiger partial charge in [-0.1, -0.05) is 30.3 Å². The fourth-order valence-corrected chi connectivity index (χ4v) is 2.95. The minimum Gasteiger partial charge on any atom is -0.464 e. The highest BCUT2D eigenvalue weighted by atomic mass is 16.5. The summed E-state index contributed by atoms with van der Waals surface area (Å²) in [5, 5.41) is 7.34. The number of benzene rings is 1. The first-order chi connectivity index (χ1) is 11.7. The van der Waals surface area contributed by atoms with Crippen LogP contribution in [-0.4, -0.2) is 10.1 Å². The topological polar surface area (TPSA) is 64.1 Å². The summed E-state index contributed by atoms with van der Waals surface area (Å²) >= 11 is 0. The average molecular weight is 323 g/mol. The molecule has 124 valence electrons. The third-order valence-corrected chi connectivity index (χ3v) is 4.58. The molecule has 5 heteroatoms. The van der Waals surface area contributed by atoms with Crippen molar-refractivity contribution in [1.82, 2.24) is 15.5 Å². The second-order valence-corrected chi connectivity index (χ2v) is 6.56. The second kappa shape index (κ2) is 6.24. The number of nitrogens with zero attached hydrogens (tertiary/aromatic N) is 2. The predicted octanol–water partition coefficient (Wildman–Crippen LogP) is 4.05. The van der Waals surface area contributed by atoms with Crippen LogP contribution < -0.4 is 5.32 Å². The van der Waals surface area contributed by atoms with Crippen LogP contribution in [0.4, 0.5) is 0 Å². The van der Waals surface area contributed by atoms with Gasteiger partial charge in [0.25, 0.3) is 5.89 Å². The third-order valence-electron chi connectivity index (χ3n) is 4.58. The molecule has 5 nitrogen and oxygen atoms in total. The zero-order chi connectivity index (χ0) is 16.5. The van der Waals surface area contributed by atoms with Crippen LogP contribution in [-0.2, 0) is 13.1 Å². The van der Waals surface area contributed by atoms with Crippen molar-refractivity contribution in [3.05, 3.63) is 59.3 Å². The van der Waals surface area contributed by atoms with Gasteiger partial charge in [0, 0.05) is 11.5 Å². The van der Waals surface area contributed by atoms with Crippen molar-refractivity contribution in [1.29, 1.82) is 0 Å². The van der Waals surface area contributed by atoms with E-state index in [9.17, 15) is 0 Å². The number of furan rings is 1. The summed E-state index contributed by atoms with van der Waals surface area (Å²) in [6.07, 6.45) is 1.24. The number of aryl methyl sites for hydroxylation is 1. The van der Waals surface area contributed by atoms with E-state index in [4.69, 9.17) is 8.94 Å². The van der Waals surface area contributed by atoms with Gasteiger partial charge in [-0.2, -0.15) is 4.98 Å². The molecule has 0 unspecified atom stereocenters. The molecule has 0 radical (unpaired) electrons. The first-order valence-electron chi connectivity index (χ1n) is 8.38. The Morgan fingerprint density at radius 3 is 2.79 bits per heavy atom. The fraction of sp³-hybridized carbons (Fsp3) is 0.368. The summed E-state index contributed by atoms with van der Waals surface area (Å²) in [4.78, 5) is 4.45. The van der Waals surface area contributed by atoms with Crippen molar-refractivity contribution in [3.8, 4) is 11.5 Å². The van der Waals surface area contributed by atoms with Crippen LogP contribution in [0, 0.1) is 12.8 Å². The maximum atomic E-state index is 5.88. The number of nitrogens with one attached hydrogen (secondary N) is 1. The fourth-order valence-electron chi connectivity index (χ4n) is 2.95. The summed E-state index contributed by atoms with van der Waals surface area (Å²) < 4.78 is 11.2. The molecule has 3 aromatic rings. The van der Waals surface area contributed by atoms with Crippen LogP contribution in [0.1, 0.15) is 42.2 Å². The highest BCUT2D eigenvalue weighted by Gasteiger charge is 2.36. The molecule has 4 rings (SSSR count). The Morgan fingerprint density at radius 1 is 1.17 bits per heavy atom. The first kappa shape index (κ1) is 15.1. The summed E-state index contributed by atoms with van der Waals surface area (Å²) in [5.74, 6) is 4.65. The lowest BCUT2D eigenvalue weighted by atomic mass is 10.1. The van der Waals surface area contributed by atoms with Crippen LogP contribution in [0.3, 0.4) is 0 Å². The normalized spacial score (nSPS) is 19.6. The van der Waals surface area contributed by atoms with Crippen LogP contribution in [0.25, 0.3) is 11.5 Å². The molecule has 1 saturated carbocycles. The molecule has 1 aliphatic carbocycles. The van der Waals surface area contributed by atoms with Gasteiger partial charge in [-0.3, -0.25) is 0 Å². The lowest BCUT2D eigenvalue weighted by Crippen LogP contribution is -2.13. The van der Waals surface area contributed by atoms with E-state index in [1.54, 1.807) is 0 Å². The van der Waals surface area contributed by atoms with Crippen molar-refractivity contribution in [2.75, 3.05) is 0 Å². The maximum absolute atomic E-state index is 5.88. The molecule has 1 N–H and O–H groups in total. The van der Waals surface area contributed by atoms with E-state index >= 15 is 0 Å². The van der Waals surface area contributed by atoms with Crippen LogP contribution in [0.15, 0.2) is 45.3 Å². The molecular weight excluding hydrogens is 302 g/mol. The molecule has 0 aliphatic heterocycles. The minimum absolute atomic E-state index is 0.547. The molecule has 2 aromatic heterocycles. The zero-order valence-corrected chi connectivity index (χ0v) is 14.0. The van der Waals surface area contributed by atoms with Crippen molar-refractivity contribution in [2.24, 2.45) is 5.92 Å². The van der Waals surface area contributed by atoms with Gasteiger partial charge >= 0.3 is 0 Å². The third kappa shape index (κ3) is 3.12. The molecule has 0 spiro atoms. The van der Waals surface area contributed by atoms with E-state index < -0.39 is 0 Å². The Hall–Kier alpha value is -2.40. The molecule has 0 amide bonds. The lowest BCUT2D eigenvalue weighted by Gasteiger charge is -1.99. The Labute approximate surface area is 141 Å². The van der Waals surface area contributed by atoms with Gasteiger partial charge in [0.1, 0.15) is 11.5 Å². The quantitative estimate of drug-likeness (QED) is 0.741. The molecule has 2 heterocycles. The van der Waals surface area contributed by atoms with Gasteiger partial charge in [0.05, 0.1) is 13.1 Å². The molecule has 1 aromatic carbocycles. The number of aromatic nitrogens is 2. The SMILES string of the molecule is Cc1ccccc1-c1nc(CNCc2ccc([C@@H]3C[C@H]3C)o2)no1. The molecule has 2 atom stereocenters. The Morgan fingerprint density at radius 2 is 2.00 bits per heavy atom. The number of hydrogen-bond donors (Lipinski definition) is 1. The predicted molar refractivity (Wildman–Crippen MR) is 90.2 cm³/mol. The van der Waals surface area contributed by atoms with Gasteiger partial charge in [-0.15, -0.1) is 0 Å². The summed E-state index contributed by atoms with van der Waals surface area (Å²) in [6.45, 7) is 5.50. The lowest BCUT2D eigenvalue weighted by molar-refractivity contribution is 0.413. The molecule has 1 aliphatic rings. The van der Waals surface area contributed by atoms with Crippen LogP contribution in [0.2, 0.25) is 0 Å². The van der Waals surface area contributed by atoms with Gasteiger partial charge in [0.15, 0.2) is 5.82 Å². The van der Waals surface area contributed by atoms with Crippen molar-refractivity contribution < 1.29 is 8.94 Å². The highest BCUT2D eigenvalue weighted by molar-refractivity contribution is 5.57.